The number of furan rings is 1. The van der Waals surface area contributed by atoms with Crippen LogP contribution >= 0.6 is 11.6 Å². The molecule has 4 atom stereocenters. The Bertz CT molecular complexity index is 957. The number of fused-ring (bicyclic) bond motifs is 1. The van der Waals surface area contributed by atoms with Gasteiger partial charge in [-0.3, -0.25) is 9.59 Å². The summed E-state index contributed by atoms with van der Waals surface area (Å²) in [5.41, 5.74) is 0.194. The van der Waals surface area contributed by atoms with Crippen LogP contribution < -0.4 is 5.32 Å². The molecule has 3 unspecified atom stereocenters. The number of rotatable bonds is 5. The molecule has 2 aromatic rings. The van der Waals surface area contributed by atoms with Gasteiger partial charge in [-0.1, -0.05) is 35.9 Å². The van der Waals surface area contributed by atoms with Gasteiger partial charge in [0.2, 0.25) is 11.8 Å². The molecule has 3 aliphatic rings. The number of amides is 2. The maximum absolute atomic E-state index is 13.1. The lowest BCUT2D eigenvalue weighted by Crippen LogP contribution is -2.43. The minimum absolute atomic E-state index is 0.0637. The Morgan fingerprint density at radius 2 is 2.21 bits per heavy atom. The maximum atomic E-state index is 13.1. The standard InChI is InChI=1S/C21H19ClN2O4/c22-14-4-1-3-13(9-14)10-23-19(25)17-16-6-7-21(28-16)12-24(20(26)18(17)21)11-15-5-2-8-27-15/h1-9,16-18H,10-12H2,(H,23,25)/t16-,17?,18?,21?/m1/s1. The molecule has 1 N–H and O–H groups in total. The number of ether oxygens (including phenoxy) is 1. The zero-order chi connectivity index (χ0) is 19.3. The van der Waals surface area contributed by atoms with E-state index in [1.54, 1.807) is 23.3 Å². The summed E-state index contributed by atoms with van der Waals surface area (Å²) in [7, 11) is 0. The van der Waals surface area contributed by atoms with Crippen molar-refractivity contribution < 1.29 is 18.7 Å². The largest absolute Gasteiger partial charge is 0.467 e. The Labute approximate surface area is 167 Å². The highest BCUT2D eigenvalue weighted by molar-refractivity contribution is 6.30. The molecule has 0 radical (unpaired) electrons. The molecule has 3 aliphatic heterocycles. The highest BCUT2D eigenvalue weighted by Crippen LogP contribution is 2.52. The zero-order valence-electron chi connectivity index (χ0n) is 15.0. The van der Waals surface area contributed by atoms with Gasteiger partial charge in [0.1, 0.15) is 11.4 Å². The van der Waals surface area contributed by atoms with Crippen LogP contribution in [0.5, 0.6) is 0 Å². The third-order valence-electron chi connectivity index (χ3n) is 5.76. The first-order chi connectivity index (χ1) is 13.6. The smallest absolute Gasteiger partial charge is 0.230 e. The molecule has 4 heterocycles. The molecule has 2 saturated heterocycles. The number of halogens is 1. The van der Waals surface area contributed by atoms with Gasteiger partial charge < -0.3 is 19.4 Å². The van der Waals surface area contributed by atoms with E-state index in [4.69, 9.17) is 20.8 Å². The molecule has 144 valence electrons. The topological polar surface area (TPSA) is 71.8 Å². The molecule has 2 amide bonds. The summed E-state index contributed by atoms with van der Waals surface area (Å²) < 4.78 is 11.5. The van der Waals surface area contributed by atoms with Crippen LogP contribution in [0.25, 0.3) is 0 Å². The first-order valence-corrected chi connectivity index (χ1v) is 9.64. The second kappa shape index (κ2) is 6.50. The Hall–Kier alpha value is -2.57. The van der Waals surface area contributed by atoms with Crippen molar-refractivity contribution >= 4 is 23.4 Å². The summed E-state index contributed by atoms with van der Waals surface area (Å²) in [6.07, 6.45) is 5.08. The summed E-state index contributed by atoms with van der Waals surface area (Å²) in [6.45, 7) is 1.17. The van der Waals surface area contributed by atoms with Crippen LogP contribution in [0.1, 0.15) is 11.3 Å². The number of carbonyl (C=O) groups excluding carboxylic acids is 2. The first-order valence-electron chi connectivity index (χ1n) is 9.26. The fraction of sp³-hybridized carbons (Fsp3) is 0.333. The number of benzene rings is 1. The summed E-state index contributed by atoms with van der Waals surface area (Å²) in [5.74, 6) is -0.555. The van der Waals surface area contributed by atoms with Gasteiger partial charge in [0.25, 0.3) is 0 Å². The second-order valence-electron chi connectivity index (χ2n) is 7.52. The normalized spacial score (nSPS) is 30.1. The monoisotopic (exact) mass is 398 g/mol. The predicted molar refractivity (Wildman–Crippen MR) is 101 cm³/mol. The average Bonchev–Trinajstić information content (AvgIpc) is 3.43. The molecule has 2 fully saturated rings. The van der Waals surface area contributed by atoms with E-state index in [1.165, 1.54) is 0 Å². The van der Waals surface area contributed by atoms with Crippen LogP contribution in [0.2, 0.25) is 5.02 Å². The van der Waals surface area contributed by atoms with Crippen LogP contribution in [-0.4, -0.2) is 35.0 Å². The van der Waals surface area contributed by atoms with Crippen molar-refractivity contribution in [3.63, 3.8) is 0 Å². The van der Waals surface area contributed by atoms with Crippen LogP contribution in [0.3, 0.4) is 0 Å². The van der Waals surface area contributed by atoms with Crippen molar-refractivity contribution in [2.75, 3.05) is 6.54 Å². The Kier molecular flexibility index (Phi) is 4.07. The quantitative estimate of drug-likeness (QED) is 0.785. The van der Waals surface area contributed by atoms with Gasteiger partial charge in [0, 0.05) is 11.6 Å². The lowest BCUT2D eigenvalue weighted by molar-refractivity contribution is -0.138. The number of hydrogen-bond acceptors (Lipinski definition) is 4. The molecular formula is C21H19ClN2O4. The zero-order valence-corrected chi connectivity index (χ0v) is 15.8. The number of hydrogen-bond donors (Lipinski definition) is 1. The van der Waals surface area contributed by atoms with E-state index in [2.05, 4.69) is 5.32 Å². The van der Waals surface area contributed by atoms with Gasteiger partial charge in [-0.15, -0.1) is 0 Å². The first kappa shape index (κ1) is 17.5. The molecule has 7 heteroatoms. The number of nitrogens with one attached hydrogen (secondary N) is 1. The molecule has 0 aliphatic carbocycles. The predicted octanol–water partition coefficient (Wildman–Crippen LogP) is 2.53. The van der Waals surface area contributed by atoms with Crippen molar-refractivity contribution in [1.82, 2.24) is 10.2 Å². The van der Waals surface area contributed by atoms with E-state index in [9.17, 15) is 9.59 Å². The number of nitrogens with zero attached hydrogens (tertiary/aromatic N) is 1. The number of likely N-dealkylation sites (tertiary alicyclic amines) is 1. The average molecular weight is 399 g/mol. The van der Waals surface area contributed by atoms with Gasteiger partial charge in [0.15, 0.2) is 0 Å². The Morgan fingerprint density at radius 1 is 1.32 bits per heavy atom. The van der Waals surface area contributed by atoms with Crippen LogP contribution in [-0.2, 0) is 27.4 Å². The van der Waals surface area contributed by atoms with Crippen molar-refractivity contribution in [2.45, 2.75) is 24.8 Å². The molecule has 6 nitrogen and oxygen atoms in total. The third kappa shape index (κ3) is 2.75. The van der Waals surface area contributed by atoms with Crippen molar-refractivity contribution in [1.29, 1.82) is 0 Å². The van der Waals surface area contributed by atoms with Crippen LogP contribution in [0, 0.1) is 11.8 Å². The van der Waals surface area contributed by atoms with E-state index in [1.807, 2.05) is 36.4 Å². The minimum Gasteiger partial charge on any atom is -0.467 e. The van der Waals surface area contributed by atoms with Crippen LogP contribution in [0.4, 0.5) is 0 Å². The summed E-state index contributed by atoms with van der Waals surface area (Å²) in [5, 5.41) is 3.56. The van der Waals surface area contributed by atoms with E-state index in [0.717, 1.165) is 5.56 Å². The van der Waals surface area contributed by atoms with Gasteiger partial charge >= 0.3 is 0 Å². The summed E-state index contributed by atoms with van der Waals surface area (Å²) >= 11 is 6.00. The lowest BCUT2D eigenvalue weighted by Gasteiger charge is -2.23. The van der Waals surface area contributed by atoms with Crippen molar-refractivity contribution in [3.05, 3.63) is 71.2 Å². The highest BCUT2D eigenvalue weighted by Gasteiger charge is 2.66. The molecule has 5 rings (SSSR count). The summed E-state index contributed by atoms with van der Waals surface area (Å²) in [6, 6.07) is 11.0. The van der Waals surface area contributed by atoms with Gasteiger partial charge in [0.05, 0.1) is 37.3 Å². The Balaban J connectivity index is 1.32. The number of carbonyl (C=O) groups is 2. The van der Waals surface area contributed by atoms with Gasteiger partial charge in [-0.2, -0.15) is 0 Å². The van der Waals surface area contributed by atoms with Gasteiger partial charge in [-0.25, -0.2) is 0 Å². The fourth-order valence-electron chi connectivity index (χ4n) is 4.56. The second-order valence-corrected chi connectivity index (χ2v) is 7.96. The molecule has 0 saturated carbocycles. The molecule has 1 aromatic heterocycles. The summed E-state index contributed by atoms with van der Waals surface area (Å²) in [4.78, 5) is 27.8. The van der Waals surface area contributed by atoms with E-state index < -0.39 is 17.4 Å². The molecule has 2 bridgehead atoms. The van der Waals surface area contributed by atoms with Crippen LogP contribution in [0.15, 0.2) is 59.2 Å². The SMILES string of the molecule is O=C(NCc1cccc(Cl)c1)C1C2C(=O)N(Cc3ccco3)CC23C=C[C@H]1O3. The van der Waals surface area contributed by atoms with Gasteiger partial charge in [-0.05, 0) is 29.8 Å². The van der Waals surface area contributed by atoms with E-state index in [0.29, 0.717) is 30.4 Å². The Morgan fingerprint density at radius 3 is 3.00 bits per heavy atom. The maximum Gasteiger partial charge on any atom is 0.230 e. The molecule has 1 spiro atoms. The highest BCUT2D eigenvalue weighted by atomic mass is 35.5. The fourth-order valence-corrected chi connectivity index (χ4v) is 4.77. The molecule has 28 heavy (non-hydrogen) atoms. The minimum atomic E-state index is -0.716. The van der Waals surface area contributed by atoms with E-state index in [-0.39, 0.29) is 17.9 Å². The van der Waals surface area contributed by atoms with Crippen molar-refractivity contribution in [3.8, 4) is 0 Å². The van der Waals surface area contributed by atoms with E-state index >= 15 is 0 Å². The molecular weight excluding hydrogens is 380 g/mol. The lowest BCUT2D eigenvalue weighted by atomic mass is 9.77. The molecule has 1 aromatic carbocycles. The third-order valence-corrected chi connectivity index (χ3v) is 6.00. The van der Waals surface area contributed by atoms with Crippen molar-refractivity contribution in [2.24, 2.45) is 11.8 Å².